The Morgan fingerprint density at radius 3 is 2.43 bits per heavy atom. The van der Waals surface area contributed by atoms with Crippen LogP contribution >= 0.6 is 11.6 Å². The lowest BCUT2D eigenvalue weighted by Crippen LogP contribution is -2.49. The number of nitrogens with two attached hydrogens (primary N) is 1. The molecule has 0 aliphatic carbocycles. The van der Waals surface area contributed by atoms with E-state index in [-0.39, 0.29) is 10.6 Å². The molecule has 7 heteroatoms. The van der Waals surface area contributed by atoms with Gasteiger partial charge in [0.05, 0.1) is 5.69 Å². The molecule has 0 radical (unpaired) electrons. The molecule has 1 aliphatic rings. The van der Waals surface area contributed by atoms with Gasteiger partial charge in [-0.05, 0) is 24.1 Å². The maximum Gasteiger partial charge on any atom is 0.245 e. The van der Waals surface area contributed by atoms with Crippen LogP contribution in [0.4, 0.5) is 5.69 Å². The zero-order chi connectivity index (χ0) is 15.6. The molecule has 1 heterocycles. The second-order valence-electron chi connectivity index (χ2n) is 5.78. The second kappa shape index (κ2) is 6.52. The third-order valence-corrected chi connectivity index (χ3v) is 5.74. The minimum atomic E-state index is -3.57. The largest absolute Gasteiger partial charge is 0.398 e. The molecule has 1 aromatic rings. The van der Waals surface area contributed by atoms with E-state index in [1.807, 2.05) is 0 Å². The van der Waals surface area contributed by atoms with Gasteiger partial charge in [0.2, 0.25) is 10.0 Å². The molecule has 5 nitrogen and oxygen atoms in total. The van der Waals surface area contributed by atoms with E-state index in [0.717, 1.165) is 19.6 Å². The minimum absolute atomic E-state index is 0.104. The van der Waals surface area contributed by atoms with Gasteiger partial charge in [-0.3, -0.25) is 0 Å². The van der Waals surface area contributed by atoms with E-state index < -0.39 is 10.0 Å². The van der Waals surface area contributed by atoms with Crippen LogP contribution in [0.1, 0.15) is 13.8 Å². The third-order valence-electron chi connectivity index (χ3n) is 3.55. The van der Waals surface area contributed by atoms with Gasteiger partial charge in [0.15, 0.2) is 0 Å². The Kier molecular flexibility index (Phi) is 5.14. The predicted molar refractivity (Wildman–Crippen MR) is 85.9 cm³/mol. The highest BCUT2D eigenvalue weighted by Crippen LogP contribution is 2.26. The second-order valence-corrected chi connectivity index (χ2v) is 8.12. The number of halogens is 1. The van der Waals surface area contributed by atoms with Crippen molar-refractivity contribution in [2.24, 2.45) is 5.92 Å². The molecule has 1 aromatic carbocycles. The fourth-order valence-electron chi connectivity index (χ4n) is 2.54. The number of hydrogen-bond acceptors (Lipinski definition) is 4. The zero-order valence-corrected chi connectivity index (χ0v) is 14.0. The molecule has 1 fully saturated rings. The van der Waals surface area contributed by atoms with Gasteiger partial charge in [-0.2, -0.15) is 4.31 Å². The van der Waals surface area contributed by atoms with Crippen LogP contribution in [0, 0.1) is 5.92 Å². The summed E-state index contributed by atoms with van der Waals surface area (Å²) in [7, 11) is -3.57. The average Bonchev–Trinajstić information content (AvgIpc) is 2.41. The number of nitrogen functional groups attached to an aromatic ring is 1. The van der Waals surface area contributed by atoms with Crippen molar-refractivity contribution in [1.82, 2.24) is 9.21 Å². The van der Waals surface area contributed by atoms with E-state index in [1.54, 1.807) is 6.07 Å². The molecular formula is C14H22ClN3O2S. The SMILES string of the molecule is CC(C)CN1CCN(S(=O)(=O)c2cc(Cl)ccc2N)CC1. The predicted octanol–water partition coefficient (Wildman–Crippen LogP) is 1.88. The van der Waals surface area contributed by atoms with Crippen molar-refractivity contribution in [2.75, 3.05) is 38.5 Å². The van der Waals surface area contributed by atoms with Gasteiger partial charge in [0, 0.05) is 37.7 Å². The normalized spacial score (nSPS) is 18.3. The van der Waals surface area contributed by atoms with Crippen molar-refractivity contribution < 1.29 is 8.42 Å². The van der Waals surface area contributed by atoms with Gasteiger partial charge in [-0.15, -0.1) is 0 Å². The summed E-state index contributed by atoms with van der Waals surface area (Å²) < 4.78 is 26.8. The fourth-order valence-corrected chi connectivity index (χ4v) is 4.34. The number of benzene rings is 1. The van der Waals surface area contributed by atoms with Gasteiger partial charge < -0.3 is 10.6 Å². The molecule has 0 unspecified atom stereocenters. The number of nitrogens with zero attached hydrogens (tertiary/aromatic N) is 2. The molecule has 2 N–H and O–H groups in total. The van der Waals surface area contributed by atoms with E-state index in [0.29, 0.717) is 24.0 Å². The lowest BCUT2D eigenvalue weighted by atomic mass is 10.2. The zero-order valence-electron chi connectivity index (χ0n) is 12.4. The van der Waals surface area contributed by atoms with Gasteiger partial charge in [0.25, 0.3) is 0 Å². The first-order chi connectivity index (χ1) is 9.80. The molecule has 0 amide bonds. The van der Waals surface area contributed by atoms with Crippen LogP contribution in [0.5, 0.6) is 0 Å². The molecular weight excluding hydrogens is 310 g/mol. The van der Waals surface area contributed by atoms with Crippen molar-refractivity contribution in [3.05, 3.63) is 23.2 Å². The molecule has 118 valence electrons. The standard InChI is InChI=1S/C14H22ClN3O2S/c1-11(2)10-17-5-7-18(8-6-17)21(19,20)14-9-12(15)3-4-13(14)16/h3-4,9,11H,5-8,10,16H2,1-2H3. The summed E-state index contributed by atoms with van der Waals surface area (Å²) in [4.78, 5) is 2.39. The molecule has 0 spiro atoms. The van der Waals surface area contributed by atoms with E-state index in [9.17, 15) is 8.42 Å². The number of rotatable bonds is 4. The first kappa shape index (κ1) is 16.5. The monoisotopic (exact) mass is 331 g/mol. The summed E-state index contributed by atoms with van der Waals surface area (Å²) in [5.74, 6) is 0.580. The van der Waals surface area contributed by atoms with Crippen molar-refractivity contribution in [1.29, 1.82) is 0 Å². The number of piperazine rings is 1. The molecule has 21 heavy (non-hydrogen) atoms. The van der Waals surface area contributed by atoms with Gasteiger partial charge in [0.1, 0.15) is 4.90 Å². The third kappa shape index (κ3) is 3.88. The van der Waals surface area contributed by atoms with Crippen molar-refractivity contribution in [3.63, 3.8) is 0 Å². The van der Waals surface area contributed by atoms with E-state index in [1.165, 1.54) is 16.4 Å². The van der Waals surface area contributed by atoms with Gasteiger partial charge in [-0.25, -0.2) is 8.42 Å². The topological polar surface area (TPSA) is 66.6 Å². The maximum atomic E-state index is 12.7. The maximum absolute atomic E-state index is 12.7. The highest BCUT2D eigenvalue weighted by Gasteiger charge is 2.30. The summed E-state index contributed by atoms with van der Waals surface area (Å²) in [5.41, 5.74) is 6.04. The van der Waals surface area contributed by atoms with Crippen LogP contribution in [-0.4, -0.2) is 50.3 Å². The smallest absolute Gasteiger partial charge is 0.245 e. The highest BCUT2D eigenvalue weighted by atomic mass is 35.5. The van der Waals surface area contributed by atoms with Crippen LogP contribution in [0.15, 0.2) is 23.1 Å². The molecule has 2 rings (SSSR count). The lowest BCUT2D eigenvalue weighted by Gasteiger charge is -2.34. The summed E-state index contributed by atoms with van der Waals surface area (Å²) >= 11 is 5.90. The first-order valence-corrected chi connectivity index (χ1v) is 8.90. The summed E-state index contributed by atoms with van der Waals surface area (Å²) in [6, 6.07) is 4.55. The fraction of sp³-hybridized carbons (Fsp3) is 0.571. The molecule has 1 aliphatic heterocycles. The molecule has 1 saturated heterocycles. The Morgan fingerprint density at radius 2 is 1.86 bits per heavy atom. The number of anilines is 1. The highest BCUT2D eigenvalue weighted by molar-refractivity contribution is 7.89. The molecule has 0 bridgehead atoms. The number of hydrogen-bond donors (Lipinski definition) is 1. The van der Waals surface area contributed by atoms with Crippen molar-refractivity contribution >= 4 is 27.3 Å². The van der Waals surface area contributed by atoms with Crippen LogP contribution in [-0.2, 0) is 10.0 Å². The summed E-state index contributed by atoms with van der Waals surface area (Å²) in [6.07, 6.45) is 0. The number of sulfonamides is 1. The first-order valence-electron chi connectivity index (χ1n) is 7.08. The van der Waals surface area contributed by atoms with Crippen LogP contribution in [0.2, 0.25) is 5.02 Å². The lowest BCUT2D eigenvalue weighted by molar-refractivity contribution is 0.172. The Morgan fingerprint density at radius 1 is 1.24 bits per heavy atom. The van der Waals surface area contributed by atoms with Crippen LogP contribution in [0.25, 0.3) is 0 Å². The Bertz CT molecular complexity index is 596. The molecule has 0 aromatic heterocycles. The van der Waals surface area contributed by atoms with E-state index in [4.69, 9.17) is 17.3 Å². The average molecular weight is 332 g/mol. The van der Waals surface area contributed by atoms with E-state index in [2.05, 4.69) is 18.7 Å². The summed E-state index contributed by atoms with van der Waals surface area (Å²) in [5, 5.41) is 0.376. The van der Waals surface area contributed by atoms with Gasteiger partial charge in [-0.1, -0.05) is 25.4 Å². The van der Waals surface area contributed by atoms with Gasteiger partial charge >= 0.3 is 0 Å². The Labute approximate surface area is 131 Å². The Hall–Kier alpha value is -0.820. The van der Waals surface area contributed by atoms with Crippen LogP contribution in [0.3, 0.4) is 0 Å². The van der Waals surface area contributed by atoms with Crippen LogP contribution < -0.4 is 5.73 Å². The van der Waals surface area contributed by atoms with Crippen molar-refractivity contribution in [2.45, 2.75) is 18.7 Å². The van der Waals surface area contributed by atoms with E-state index >= 15 is 0 Å². The Balaban J connectivity index is 2.13. The molecule has 0 saturated carbocycles. The molecule has 0 atom stereocenters. The minimum Gasteiger partial charge on any atom is -0.398 e. The summed E-state index contributed by atoms with van der Waals surface area (Å²) in [6.45, 7) is 7.79. The quantitative estimate of drug-likeness (QED) is 0.855. The van der Waals surface area contributed by atoms with Crippen molar-refractivity contribution in [3.8, 4) is 0 Å².